The van der Waals surface area contributed by atoms with Crippen LogP contribution in [-0.4, -0.2) is 36.9 Å². The fourth-order valence-electron chi connectivity index (χ4n) is 1.45. The number of nitrogens with zero attached hydrogens (tertiary/aromatic N) is 1. The van der Waals surface area contributed by atoms with Gasteiger partial charge in [-0.05, 0) is 32.6 Å². The molecule has 1 fully saturated rings. The Labute approximate surface area is 91.2 Å². The average Bonchev–Trinajstić information content (AvgIpc) is 2.82. The van der Waals surface area contributed by atoms with E-state index in [1.54, 1.807) is 13.8 Å². The van der Waals surface area contributed by atoms with Gasteiger partial charge < -0.3 is 5.73 Å². The summed E-state index contributed by atoms with van der Waals surface area (Å²) in [7, 11) is -3.24. The van der Waals surface area contributed by atoms with E-state index in [1.165, 1.54) is 4.31 Å². The Kier molecular flexibility index (Phi) is 3.72. The van der Waals surface area contributed by atoms with Gasteiger partial charge in [-0.3, -0.25) is 5.41 Å². The van der Waals surface area contributed by atoms with E-state index in [9.17, 15) is 8.42 Å². The van der Waals surface area contributed by atoms with Crippen molar-refractivity contribution in [1.29, 1.82) is 5.41 Å². The molecule has 1 saturated carbocycles. The highest BCUT2D eigenvalue weighted by Crippen LogP contribution is 2.31. The summed E-state index contributed by atoms with van der Waals surface area (Å²) in [6.45, 7) is 3.60. The highest BCUT2D eigenvalue weighted by molar-refractivity contribution is 7.89. The summed E-state index contributed by atoms with van der Waals surface area (Å²) in [5.41, 5.74) is 5.25. The predicted octanol–water partition coefficient (Wildman–Crippen LogP) is 0.373. The molecule has 0 aromatic rings. The highest BCUT2D eigenvalue weighted by atomic mass is 32.2. The van der Waals surface area contributed by atoms with Crippen LogP contribution >= 0.6 is 0 Å². The van der Waals surface area contributed by atoms with E-state index in [2.05, 4.69) is 0 Å². The summed E-state index contributed by atoms with van der Waals surface area (Å²) in [4.78, 5) is 0. The van der Waals surface area contributed by atoms with Crippen molar-refractivity contribution in [3.63, 3.8) is 0 Å². The van der Waals surface area contributed by atoms with E-state index in [0.29, 0.717) is 5.92 Å². The minimum atomic E-state index is -3.24. The summed E-state index contributed by atoms with van der Waals surface area (Å²) in [5, 5.41) is 7.17. The van der Waals surface area contributed by atoms with Gasteiger partial charge in [-0.25, -0.2) is 8.42 Å². The number of nitrogens with two attached hydrogens (primary N) is 1. The van der Waals surface area contributed by atoms with E-state index < -0.39 is 10.0 Å². The number of sulfonamides is 1. The first-order valence-corrected chi connectivity index (χ1v) is 6.76. The second-order valence-electron chi connectivity index (χ2n) is 4.39. The minimum Gasteiger partial charge on any atom is -0.387 e. The van der Waals surface area contributed by atoms with Crippen molar-refractivity contribution in [2.24, 2.45) is 11.7 Å². The van der Waals surface area contributed by atoms with Gasteiger partial charge in [-0.15, -0.1) is 0 Å². The number of rotatable bonds is 6. The Balaban J connectivity index is 2.71. The zero-order chi connectivity index (χ0) is 11.6. The van der Waals surface area contributed by atoms with Crippen molar-refractivity contribution in [3.05, 3.63) is 0 Å². The quantitative estimate of drug-likeness (QED) is 0.513. The number of hydrogen-bond donors (Lipinski definition) is 2. The van der Waals surface area contributed by atoms with Gasteiger partial charge >= 0.3 is 0 Å². The van der Waals surface area contributed by atoms with Crippen LogP contribution in [0.25, 0.3) is 0 Å². The van der Waals surface area contributed by atoms with Gasteiger partial charge in [0, 0.05) is 6.04 Å². The molecule has 0 bridgehead atoms. The van der Waals surface area contributed by atoms with Crippen LogP contribution in [0.5, 0.6) is 0 Å². The third-order valence-electron chi connectivity index (χ3n) is 2.40. The number of amidine groups is 1. The van der Waals surface area contributed by atoms with Crippen LogP contribution in [0.2, 0.25) is 0 Å². The van der Waals surface area contributed by atoms with E-state index in [0.717, 1.165) is 12.8 Å². The molecule has 0 radical (unpaired) electrons. The summed E-state index contributed by atoms with van der Waals surface area (Å²) in [5.74, 6) is 0.421. The Bertz CT molecular complexity index is 333. The molecule has 0 heterocycles. The maximum atomic E-state index is 11.9. The van der Waals surface area contributed by atoms with Gasteiger partial charge in [0.05, 0.1) is 12.3 Å². The monoisotopic (exact) mass is 233 g/mol. The third-order valence-corrected chi connectivity index (χ3v) is 4.56. The molecule has 0 spiro atoms. The summed E-state index contributed by atoms with van der Waals surface area (Å²) in [6, 6.07) is -0.141. The standard InChI is InChI=1S/C9H19N3O2S/c1-7(2)12(5-9(10)11)15(13,14)6-8-3-4-8/h7-8H,3-6H2,1-2H3,(H3,10,11). The smallest absolute Gasteiger partial charge is 0.215 e. The van der Waals surface area contributed by atoms with E-state index in [1.807, 2.05) is 0 Å². The van der Waals surface area contributed by atoms with Crippen molar-refractivity contribution in [3.8, 4) is 0 Å². The van der Waals surface area contributed by atoms with Crippen LogP contribution in [0.4, 0.5) is 0 Å². The average molecular weight is 233 g/mol. The molecule has 0 aromatic carbocycles. The van der Waals surface area contributed by atoms with Gasteiger partial charge in [0.15, 0.2) is 0 Å². The molecule has 1 aliphatic rings. The number of nitrogens with one attached hydrogen (secondary N) is 1. The fraction of sp³-hybridized carbons (Fsp3) is 0.889. The molecular formula is C9H19N3O2S. The van der Waals surface area contributed by atoms with Gasteiger partial charge in [0.1, 0.15) is 5.84 Å². The normalized spacial score (nSPS) is 17.3. The lowest BCUT2D eigenvalue weighted by Gasteiger charge is -2.25. The molecular weight excluding hydrogens is 214 g/mol. The first-order chi connectivity index (χ1) is 6.83. The van der Waals surface area contributed by atoms with Gasteiger partial charge in [-0.2, -0.15) is 4.31 Å². The molecule has 5 nitrogen and oxygen atoms in total. The van der Waals surface area contributed by atoms with Crippen LogP contribution in [0.15, 0.2) is 0 Å². The molecule has 88 valence electrons. The zero-order valence-corrected chi connectivity index (χ0v) is 10.0. The zero-order valence-electron chi connectivity index (χ0n) is 9.23. The second-order valence-corrected chi connectivity index (χ2v) is 6.35. The molecule has 0 atom stereocenters. The molecule has 0 aromatic heterocycles. The van der Waals surface area contributed by atoms with Gasteiger partial charge in [0.25, 0.3) is 0 Å². The van der Waals surface area contributed by atoms with Crippen molar-refractivity contribution < 1.29 is 8.42 Å². The lowest BCUT2D eigenvalue weighted by Crippen LogP contribution is -2.43. The summed E-state index contributed by atoms with van der Waals surface area (Å²) >= 11 is 0. The van der Waals surface area contributed by atoms with Crippen molar-refractivity contribution in [2.75, 3.05) is 12.3 Å². The SMILES string of the molecule is CC(C)N(CC(=N)N)S(=O)(=O)CC1CC1. The molecule has 15 heavy (non-hydrogen) atoms. The Hall–Kier alpha value is -0.620. The molecule has 1 aliphatic carbocycles. The molecule has 0 amide bonds. The van der Waals surface area contributed by atoms with E-state index >= 15 is 0 Å². The summed E-state index contributed by atoms with van der Waals surface area (Å²) in [6.07, 6.45) is 2.01. The van der Waals surface area contributed by atoms with Crippen LogP contribution in [0.3, 0.4) is 0 Å². The molecule has 6 heteroatoms. The summed E-state index contributed by atoms with van der Waals surface area (Å²) < 4.78 is 25.2. The Morgan fingerprint density at radius 1 is 1.53 bits per heavy atom. The largest absolute Gasteiger partial charge is 0.387 e. The maximum Gasteiger partial charge on any atom is 0.215 e. The maximum absolute atomic E-state index is 11.9. The predicted molar refractivity (Wildman–Crippen MR) is 60.3 cm³/mol. The minimum absolute atomic E-state index is 0.00667. The second kappa shape index (κ2) is 4.49. The molecule has 3 N–H and O–H groups in total. The highest BCUT2D eigenvalue weighted by Gasteiger charge is 2.33. The van der Waals surface area contributed by atoms with Crippen molar-refractivity contribution >= 4 is 15.9 Å². The van der Waals surface area contributed by atoms with Crippen molar-refractivity contribution in [1.82, 2.24) is 4.31 Å². The van der Waals surface area contributed by atoms with Gasteiger partial charge in [0.2, 0.25) is 10.0 Å². The fourth-order valence-corrected chi connectivity index (χ4v) is 3.55. The van der Waals surface area contributed by atoms with Crippen LogP contribution in [0, 0.1) is 11.3 Å². The molecule has 0 aliphatic heterocycles. The Morgan fingerprint density at radius 3 is 2.40 bits per heavy atom. The third kappa shape index (κ3) is 3.79. The molecule has 0 saturated heterocycles. The number of hydrogen-bond acceptors (Lipinski definition) is 3. The van der Waals surface area contributed by atoms with Crippen LogP contribution in [0.1, 0.15) is 26.7 Å². The van der Waals surface area contributed by atoms with Crippen LogP contribution in [-0.2, 0) is 10.0 Å². The first-order valence-electron chi connectivity index (χ1n) is 5.15. The first kappa shape index (κ1) is 12.4. The molecule has 0 unspecified atom stereocenters. The topological polar surface area (TPSA) is 87.2 Å². The van der Waals surface area contributed by atoms with Crippen LogP contribution < -0.4 is 5.73 Å². The molecule has 1 rings (SSSR count). The van der Waals surface area contributed by atoms with Gasteiger partial charge in [-0.1, -0.05) is 0 Å². The van der Waals surface area contributed by atoms with E-state index in [-0.39, 0.29) is 24.2 Å². The Morgan fingerprint density at radius 2 is 2.07 bits per heavy atom. The lowest BCUT2D eigenvalue weighted by molar-refractivity contribution is 0.388. The lowest BCUT2D eigenvalue weighted by atomic mass is 10.4. The van der Waals surface area contributed by atoms with Crippen molar-refractivity contribution in [2.45, 2.75) is 32.7 Å². The van der Waals surface area contributed by atoms with E-state index in [4.69, 9.17) is 11.1 Å².